The number of anilines is 1. The predicted molar refractivity (Wildman–Crippen MR) is 107 cm³/mol. The van der Waals surface area contributed by atoms with Crippen LogP contribution in [0.5, 0.6) is 0 Å². The molecule has 0 aliphatic heterocycles. The van der Waals surface area contributed by atoms with Gasteiger partial charge in [-0.25, -0.2) is 4.98 Å². The van der Waals surface area contributed by atoms with Crippen LogP contribution < -0.4 is 5.32 Å². The maximum Gasteiger partial charge on any atom is 0.416 e. The van der Waals surface area contributed by atoms with Crippen LogP contribution in [0.15, 0.2) is 42.5 Å². The van der Waals surface area contributed by atoms with Gasteiger partial charge < -0.3 is 9.67 Å². The molecule has 0 saturated heterocycles. The normalized spacial score (nSPS) is 19.8. The first-order chi connectivity index (χ1) is 14.2. The molecule has 2 aromatic carbocycles. The molecule has 2 N–H and O–H groups in total. The molecule has 30 heavy (non-hydrogen) atoms. The largest absolute Gasteiger partial charge is 0.416 e. The molecule has 1 saturated carbocycles. The van der Waals surface area contributed by atoms with E-state index in [2.05, 4.69) is 10.3 Å². The molecule has 1 aromatic heterocycles. The summed E-state index contributed by atoms with van der Waals surface area (Å²) < 4.78 is 41.0. The van der Waals surface area contributed by atoms with Crippen LogP contribution in [0.25, 0.3) is 11.0 Å². The van der Waals surface area contributed by atoms with E-state index in [1.807, 2.05) is 29.7 Å². The van der Waals surface area contributed by atoms with E-state index in [4.69, 9.17) is 0 Å². The third-order valence-corrected chi connectivity index (χ3v) is 5.55. The average Bonchev–Trinajstić information content (AvgIpc) is 3.05. The first kappa shape index (κ1) is 20.4. The highest BCUT2D eigenvalue weighted by Crippen LogP contribution is 2.35. The molecule has 3 aromatic rings. The smallest absolute Gasteiger partial charge is 0.393 e. The van der Waals surface area contributed by atoms with Gasteiger partial charge in [0, 0.05) is 11.6 Å². The number of fused-ring (bicyclic) bond motifs is 1. The van der Waals surface area contributed by atoms with Gasteiger partial charge in [0.05, 0.1) is 22.7 Å². The van der Waals surface area contributed by atoms with E-state index in [9.17, 15) is 23.1 Å². The molecule has 1 aliphatic carbocycles. The summed E-state index contributed by atoms with van der Waals surface area (Å²) in [6.45, 7) is 1.96. The van der Waals surface area contributed by atoms with Gasteiger partial charge in [0.1, 0.15) is 0 Å². The lowest BCUT2D eigenvalue weighted by Crippen LogP contribution is -2.24. The highest BCUT2D eigenvalue weighted by atomic mass is 19.4. The number of hydrogen-bond acceptors (Lipinski definition) is 3. The topological polar surface area (TPSA) is 67.2 Å². The highest BCUT2D eigenvalue weighted by molar-refractivity contribution is 6.04. The predicted octanol–water partition coefficient (Wildman–Crippen LogP) is 5.09. The molecule has 8 heteroatoms. The number of aromatic nitrogens is 2. The number of carbonyl (C=O) groups excluding carboxylic acids is 1. The zero-order valence-electron chi connectivity index (χ0n) is 16.4. The summed E-state index contributed by atoms with van der Waals surface area (Å²) in [6.07, 6.45) is -2.10. The number of alkyl halides is 3. The Labute approximate surface area is 171 Å². The van der Waals surface area contributed by atoms with Crippen LogP contribution in [-0.4, -0.2) is 26.7 Å². The second-order valence-corrected chi connectivity index (χ2v) is 7.79. The third kappa shape index (κ3) is 4.05. The molecule has 0 unspecified atom stereocenters. The summed E-state index contributed by atoms with van der Waals surface area (Å²) in [5.41, 5.74) is 1.64. The molecular formula is C22H22F3N3O2. The number of hydrogen-bond donors (Lipinski definition) is 2. The Morgan fingerprint density at radius 1 is 1.13 bits per heavy atom. The zero-order valence-corrected chi connectivity index (χ0v) is 16.4. The monoisotopic (exact) mass is 417 g/mol. The lowest BCUT2D eigenvalue weighted by atomic mass is 9.93. The van der Waals surface area contributed by atoms with Crippen molar-refractivity contribution < 1.29 is 23.1 Å². The number of rotatable bonds is 3. The molecule has 1 amide bonds. The maximum atomic E-state index is 13.0. The Hall–Kier alpha value is -2.87. The van der Waals surface area contributed by atoms with Crippen molar-refractivity contribution in [2.75, 3.05) is 5.32 Å². The lowest BCUT2D eigenvalue weighted by Gasteiger charge is -2.28. The first-order valence-electron chi connectivity index (χ1n) is 9.87. The number of nitrogens with zero attached hydrogens (tertiary/aromatic N) is 2. The van der Waals surface area contributed by atoms with Crippen LogP contribution in [0.4, 0.5) is 19.1 Å². The number of halogens is 3. The number of benzene rings is 2. The number of nitrogens with one attached hydrogen (secondary N) is 1. The SMILES string of the molecule is Cc1ccc2nc(NC(=O)c3cccc(C(F)(F)F)c3)n(C3CCC(O)CC3)c2c1. The van der Waals surface area contributed by atoms with Gasteiger partial charge in [-0.3, -0.25) is 10.1 Å². The number of aliphatic hydroxyl groups excluding tert-OH is 1. The van der Waals surface area contributed by atoms with Gasteiger partial charge in [-0.05, 0) is 68.5 Å². The van der Waals surface area contributed by atoms with Gasteiger partial charge in [-0.2, -0.15) is 13.2 Å². The van der Waals surface area contributed by atoms with E-state index in [-0.39, 0.29) is 17.7 Å². The minimum atomic E-state index is -4.52. The van der Waals surface area contributed by atoms with Gasteiger partial charge in [-0.15, -0.1) is 0 Å². The maximum absolute atomic E-state index is 13.0. The fraction of sp³-hybridized carbons (Fsp3) is 0.364. The molecule has 0 spiro atoms. The van der Waals surface area contributed by atoms with Crippen molar-refractivity contribution in [1.29, 1.82) is 0 Å². The van der Waals surface area contributed by atoms with Crippen molar-refractivity contribution in [2.45, 2.75) is 50.9 Å². The van der Waals surface area contributed by atoms with E-state index >= 15 is 0 Å². The number of aliphatic hydroxyl groups is 1. The van der Waals surface area contributed by atoms with Crippen LogP contribution in [0.2, 0.25) is 0 Å². The summed E-state index contributed by atoms with van der Waals surface area (Å²) in [7, 11) is 0. The minimum Gasteiger partial charge on any atom is -0.393 e. The first-order valence-corrected chi connectivity index (χ1v) is 9.87. The number of amides is 1. The van der Waals surface area contributed by atoms with Crippen molar-refractivity contribution >= 4 is 22.9 Å². The summed E-state index contributed by atoms with van der Waals surface area (Å²) in [6, 6.07) is 10.1. The van der Waals surface area contributed by atoms with E-state index in [0.29, 0.717) is 24.3 Å². The Morgan fingerprint density at radius 3 is 2.57 bits per heavy atom. The summed E-state index contributed by atoms with van der Waals surface area (Å²) >= 11 is 0. The van der Waals surface area contributed by atoms with Crippen molar-refractivity contribution in [3.63, 3.8) is 0 Å². The van der Waals surface area contributed by atoms with Gasteiger partial charge in [0.2, 0.25) is 5.95 Å². The van der Waals surface area contributed by atoms with Gasteiger partial charge in [0.25, 0.3) is 5.91 Å². The third-order valence-electron chi connectivity index (χ3n) is 5.55. The van der Waals surface area contributed by atoms with Crippen LogP contribution in [-0.2, 0) is 6.18 Å². The summed E-state index contributed by atoms with van der Waals surface area (Å²) in [5.74, 6) is -0.343. The van der Waals surface area contributed by atoms with E-state index in [1.54, 1.807) is 0 Å². The molecule has 0 radical (unpaired) electrons. The second-order valence-electron chi connectivity index (χ2n) is 7.79. The Bertz CT molecular complexity index is 1080. The minimum absolute atomic E-state index is 0.0389. The fourth-order valence-electron chi connectivity index (χ4n) is 3.99. The van der Waals surface area contributed by atoms with Crippen molar-refractivity contribution in [3.05, 3.63) is 59.2 Å². The van der Waals surface area contributed by atoms with Crippen LogP contribution in [0.1, 0.15) is 53.2 Å². The van der Waals surface area contributed by atoms with Gasteiger partial charge >= 0.3 is 6.18 Å². The molecule has 1 heterocycles. The van der Waals surface area contributed by atoms with Gasteiger partial charge in [0.15, 0.2) is 0 Å². The molecular weight excluding hydrogens is 395 g/mol. The molecule has 4 rings (SSSR count). The quantitative estimate of drug-likeness (QED) is 0.624. The average molecular weight is 417 g/mol. The molecule has 5 nitrogen and oxygen atoms in total. The highest BCUT2D eigenvalue weighted by Gasteiger charge is 2.31. The van der Waals surface area contributed by atoms with E-state index in [1.165, 1.54) is 12.1 Å². The molecule has 1 aliphatic rings. The summed E-state index contributed by atoms with van der Waals surface area (Å²) in [4.78, 5) is 17.3. The fourth-order valence-corrected chi connectivity index (χ4v) is 3.99. The van der Waals surface area contributed by atoms with Crippen molar-refractivity contribution in [3.8, 4) is 0 Å². The standard InChI is InChI=1S/C22H22F3N3O2/c1-13-5-10-18-19(11-13)28(16-6-8-17(29)9-7-16)21(26-18)27-20(30)14-3-2-4-15(12-14)22(23,24)25/h2-5,10-12,16-17,29H,6-9H2,1H3,(H,26,27,30). The Morgan fingerprint density at radius 2 is 1.87 bits per heavy atom. The van der Waals surface area contributed by atoms with E-state index < -0.39 is 17.6 Å². The number of imidazole rings is 1. The number of aryl methyl sites for hydroxylation is 1. The van der Waals surface area contributed by atoms with Crippen molar-refractivity contribution in [1.82, 2.24) is 9.55 Å². The van der Waals surface area contributed by atoms with Crippen LogP contribution >= 0.6 is 0 Å². The number of carbonyl (C=O) groups is 1. The Balaban J connectivity index is 1.70. The van der Waals surface area contributed by atoms with Gasteiger partial charge in [-0.1, -0.05) is 12.1 Å². The zero-order chi connectivity index (χ0) is 21.5. The van der Waals surface area contributed by atoms with Crippen LogP contribution in [0, 0.1) is 6.92 Å². The van der Waals surface area contributed by atoms with E-state index in [0.717, 1.165) is 36.1 Å². The van der Waals surface area contributed by atoms with Crippen molar-refractivity contribution in [2.24, 2.45) is 0 Å². The lowest BCUT2D eigenvalue weighted by molar-refractivity contribution is -0.137. The molecule has 0 bridgehead atoms. The molecule has 158 valence electrons. The molecule has 0 atom stereocenters. The van der Waals surface area contributed by atoms with Crippen LogP contribution in [0.3, 0.4) is 0 Å². The summed E-state index contributed by atoms with van der Waals surface area (Å²) in [5, 5.41) is 12.6. The Kier molecular flexibility index (Phi) is 5.27. The second kappa shape index (κ2) is 7.75. The molecule has 1 fully saturated rings.